The van der Waals surface area contributed by atoms with E-state index in [1.165, 1.54) is 15.6 Å². The second kappa shape index (κ2) is 5.51. The number of halogens is 3. The Bertz CT molecular complexity index is 386. The summed E-state index contributed by atoms with van der Waals surface area (Å²) in [5.41, 5.74) is 2.55. The third-order valence-electron chi connectivity index (χ3n) is 2.95. The van der Waals surface area contributed by atoms with Crippen LogP contribution < -0.4 is 0 Å². The van der Waals surface area contributed by atoms with E-state index in [2.05, 4.69) is 66.8 Å². The second-order valence-corrected chi connectivity index (χ2v) is 6.84. The molecule has 0 amide bonds. The van der Waals surface area contributed by atoms with Gasteiger partial charge in [-0.2, -0.15) is 0 Å². The van der Waals surface area contributed by atoms with Crippen molar-refractivity contribution in [2.24, 2.45) is 5.92 Å². The maximum atomic E-state index is 5.44. The van der Waals surface area contributed by atoms with Crippen molar-refractivity contribution < 1.29 is 4.74 Å². The molecule has 2 unspecified atom stereocenters. The van der Waals surface area contributed by atoms with Crippen LogP contribution in [0.4, 0.5) is 0 Å². The summed E-state index contributed by atoms with van der Waals surface area (Å²) < 4.78 is 7.77. The molecule has 1 heterocycles. The molecule has 16 heavy (non-hydrogen) atoms. The predicted molar refractivity (Wildman–Crippen MR) is 77.2 cm³/mol. The highest BCUT2D eigenvalue weighted by atomic mass is 79.9. The molecule has 0 aromatic heterocycles. The zero-order valence-electron chi connectivity index (χ0n) is 8.97. The van der Waals surface area contributed by atoms with Crippen molar-refractivity contribution in [3.8, 4) is 0 Å². The summed E-state index contributed by atoms with van der Waals surface area (Å²) in [7, 11) is 0. The molecule has 0 N–H and O–H groups in total. The monoisotopic (exact) mass is 410 g/mol. The van der Waals surface area contributed by atoms with Gasteiger partial charge in [-0.05, 0) is 36.6 Å². The van der Waals surface area contributed by atoms with Crippen LogP contribution in [0.2, 0.25) is 0 Å². The molecule has 1 aliphatic heterocycles. The number of alkyl halides is 1. The lowest BCUT2D eigenvalue weighted by Gasteiger charge is -2.18. The summed E-state index contributed by atoms with van der Waals surface area (Å²) in [5.74, 6) is 0.575. The lowest BCUT2D eigenvalue weighted by molar-refractivity contribution is 0.185. The fourth-order valence-electron chi connectivity index (χ4n) is 1.91. The largest absolute Gasteiger partial charge is 0.381 e. The van der Waals surface area contributed by atoms with E-state index >= 15 is 0 Å². The molecule has 1 aromatic rings. The van der Waals surface area contributed by atoms with Crippen LogP contribution in [0.15, 0.2) is 21.1 Å². The molecular weight excluding hydrogens is 400 g/mol. The van der Waals surface area contributed by atoms with Gasteiger partial charge >= 0.3 is 0 Å². The van der Waals surface area contributed by atoms with Crippen LogP contribution in [0, 0.1) is 12.8 Å². The minimum Gasteiger partial charge on any atom is -0.381 e. The zero-order chi connectivity index (χ0) is 11.7. The van der Waals surface area contributed by atoms with Crippen molar-refractivity contribution >= 4 is 47.8 Å². The highest BCUT2D eigenvalue weighted by molar-refractivity contribution is 9.11. The summed E-state index contributed by atoms with van der Waals surface area (Å²) in [6, 6.07) is 4.35. The fraction of sp³-hybridized carbons (Fsp3) is 0.500. The van der Waals surface area contributed by atoms with E-state index in [0.717, 1.165) is 24.1 Å². The van der Waals surface area contributed by atoms with Crippen LogP contribution in [-0.2, 0) is 4.74 Å². The molecule has 0 aliphatic carbocycles. The van der Waals surface area contributed by atoms with Crippen LogP contribution >= 0.6 is 47.8 Å². The van der Waals surface area contributed by atoms with Crippen LogP contribution in [0.25, 0.3) is 0 Å². The van der Waals surface area contributed by atoms with E-state index in [-0.39, 0.29) is 0 Å². The number of hydrogen-bond donors (Lipinski definition) is 0. The van der Waals surface area contributed by atoms with Gasteiger partial charge in [0.15, 0.2) is 0 Å². The number of ether oxygens (including phenoxy) is 1. The van der Waals surface area contributed by atoms with Crippen molar-refractivity contribution in [1.29, 1.82) is 0 Å². The second-order valence-electron chi connectivity index (χ2n) is 4.15. The highest BCUT2D eigenvalue weighted by Gasteiger charge is 2.26. The van der Waals surface area contributed by atoms with Crippen LogP contribution in [0.1, 0.15) is 22.4 Å². The van der Waals surface area contributed by atoms with E-state index in [9.17, 15) is 0 Å². The molecular formula is C12H13Br3O. The van der Waals surface area contributed by atoms with Crippen molar-refractivity contribution in [1.82, 2.24) is 0 Å². The number of aryl methyl sites for hydroxylation is 1. The maximum absolute atomic E-state index is 5.44. The van der Waals surface area contributed by atoms with Gasteiger partial charge in [0.05, 0.1) is 6.61 Å². The molecule has 88 valence electrons. The SMILES string of the molecule is Cc1cc(Br)c(C(Br)C2CCOC2)cc1Br. The Balaban J connectivity index is 2.28. The Morgan fingerprint density at radius 1 is 1.31 bits per heavy atom. The summed E-state index contributed by atoms with van der Waals surface area (Å²) in [6.07, 6.45) is 1.13. The standard InChI is InChI=1S/C12H13Br3O/c1-7-4-11(14)9(5-10(7)13)12(15)8-2-3-16-6-8/h4-5,8,12H,2-3,6H2,1H3. The van der Waals surface area contributed by atoms with Gasteiger partial charge in [-0.25, -0.2) is 0 Å². The maximum Gasteiger partial charge on any atom is 0.0509 e. The van der Waals surface area contributed by atoms with Gasteiger partial charge in [-0.1, -0.05) is 47.8 Å². The summed E-state index contributed by atoms with van der Waals surface area (Å²) >= 11 is 11.0. The molecule has 1 aromatic carbocycles. The topological polar surface area (TPSA) is 9.23 Å². The predicted octanol–water partition coefficient (Wildman–Crippen LogP) is 4.99. The van der Waals surface area contributed by atoms with Crippen LogP contribution in [0.5, 0.6) is 0 Å². The third-order valence-corrected chi connectivity index (χ3v) is 5.74. The number of benzene rings is 1. The van der Waals surface area contributed by atoms with E-state index in [4.69, 9.17) is 4.74 Å². The molecule has 0 saturated carbocycles. The van der Waals surface area contributed by atoms with Gasteiger partial charge in [0.25, 0.3) is 0 Å². The lowest BCUT2D eigenvalue weighted by Crippen LogP contribution is -2.08. The van der Waals surface area contributed by atoms with E-state index in [0.29, 0.717) is 10.7 Å². The van der Waals surface area contributed by atoms with Gasteiger partial charge < -0.3 is 4.74 Å². The average Bonchev–Trinajstić information content (AvgIpc) is 2.75. The Labute approximate surface area is 121 Å². The van der Waals surface area contributed by atoms with Gasteiger partial charge in [0.2, 0.25) is 0 Å². The zero-order valence-corrected chi connectivity index (χ0v) is 13.7. The minimum absolute atomic E-state index is 0.362. The summed E-state index contributed by atoms with van der Waals surface area (Å²) in [4.78, 5) is 0.362. The molecule has 2 atom stereocenters. The normalized spacial score (nSPS) is 22.4. The summed E-state index contributed by atoms with van der Waals surface area (Å²) in [6.45, 7) is 3.84. The first kappa shape index (κ1) is 13.1. The lowest BCUT2D eigenvalue weighted by atomic mass is 9.98. The first-order valence-electron chi connectivity index (χ1n) is 5.27. The van der Waals surface area contributed by atoms with Crippen molar-refractivity contribution in [2.75, 3.05) is 13.2 Å². The van der Waals surface area contributed by atoms with Crippen molar-refractivity contribution in [2.45, 2.75) is 18.2 Å². The smallest absolute Gasteiger partial charge is 0.0509 e. The molecule has 0 radical (unpaired) electrons. The minimum atomic E-state index is 0.362. The Hall–Kier alpha value is 0.620. The van der Waals surface area contributed by atoms with E-state index < -0.39 is 0 Å². The average molecular weight is 413 g/mol. The molecule has 1 saturated heterocycles. The Kier molecular flexibility index (Phi) is 4.50. The molecule has 1 aliphatic rings. The molecule has 1 nitrogen and oxygen atoms in total. The molecule has 0 spiro atoms. The molecule has 1 fully saturated rings. The highest BCUT2D eigenvalue weighted by Crippen LogP contribution is 2.41. The van der Waals surface area contributed by atoms with E-state index in [1.54, 1.807) is 0 Å². The van der Waals surface area contributed by atoms with Crippen LogP contribution in [-0.4, -0.2) is 13.2 Å². The molecule has 0 bridgehead atoms. The fourth-order valence-corrected chi connectivity index (χ4v) is 4.08. The van der Waals surface area contributed by atoms with Gasteiger partial charge in [-0.15, -0.1) is 0 Å². The van der Waals surface area contributed by atoms with Crippen LogP contribution in [0.3, 0.4) is 0 Å². The van der Waals surface area contributed by atoms with Gasteiger partial charge in [0.1, 0.15) is 0 Å². The van der Waals surface area contributed by atoms with Crippen molar-refractivity contribution in [3.05, 3.63) is 32.2 Å². The first-order chi connectivity index (χ1) is 7.59. The molecule has 4 heteroatoms. The van der Waals surface area contributed by atoms with Crippen molar-refractivity contribution in [3.63, 3.8) is 0 Å². The van der Waals surface area contributed by atoms with Gasteiger partial charge in [0, 0.05) is 26.3 Å². The van der Waals surface area contributed by atoms with E-state index in [1.807, 2.05) is 0 Å². The summed E-state index contributed by atoms with van der Waals surface area (Å²) in [5, 5.41) is 0. The Morgan fingerprint density at radius 3 is 2.69 bits per heavy atom. The first-order valence-corrected chi connectivity index (χ1v) is 7.77. The molecule has 2 rings (SSSR count). The number of rotatable bonds is 2. The third kappa shape index (κ3) is 2.71. The Morgan fingerprint density at radius 2 is 2.06 bits per heavy atom. The number of hydrogen-bond acceptors (Lipinski definition) is 1. The quantitative estimate of drug-likeness (QED) is 0.621. The van der Waals surface area contributed by atoms with Gasteiger partial charge in [-0.3, -0.25) is 0 Å².